The molecule has 0 unspecified atom stereocenters. The molecule has 1 aromatic carbocycles. The van der Waals surface area contributed by atoms with E-state index in [1.807, 2.05) is 31.2 Å². The Kier molecular flexibility index (Phi) is 12.6. The average Bonchev–Trinajstić information content (AvgIpc) is 2.71. The highest BCUT2D eigenvalue weighted by molar-refractivity contribution is 14.0. The fraction of sp³-hybridized carbons (Fsp3) is 0.545. The van der Waals surface area contributed by atoms with E-state index in [9.17, 15) is 4.79 Å². The molecule has 3 N–H and O–H groups in total. The molecule has 2 rings (SSSR count). The van der Waals surface area contributed by atoms with Crippen LogP contribution in [-0.2, 0) is 6.54 Å². The van der Waals surface area contributed by atoms with Crippen LogP contribution in [0.15, 0.2) is 40.9 Å². The number of nitrogens with zero attached hydrogens (tertiary/aromatic N) is 1. The molecule has 5 nitrogen and oxygen atoms in total. The number of hydrogen-bond donors (Lipinski definition) is 3. The van der Waals surface area contributed by atoms with Crippen LogP contribution in [0.25, 0.3) is 0 Å². The summed E-state index contributed by atoms with van der Waals surface area (Å²) in [6.45, 7) is 7.09. The first kappa shape index (κ1) is 24.5. The van der Waals surface area contributed by atoms with Crippen LogP contribution in [0.3, 0.4) is 0 Å². The smallest absolute Gasteiger partial charge is 0.251 e. The molecule has 1 aliphatic carbocycles. The van der Waals surface area contributed by atoms with E-state index in [4.69, 9.17) is 0 Å². The summed E-state index contributed by atoms with van der Waals surface area (Å²) in [6, 6.07) is 7.70. The van der Waals surface area contributed by atoms with Crippen LogP contribution in [0.2, 0.25) is 0 Å². The van der Waals surface area contributed by atoms with Crippen molar-refractivity contribution in [3.05, 3.63) is 47.0 Å². The van der Waals surface area contributed by atoms with Crippen molar-refractivity contribution in [2.75, 3.05) is 19.6 Å². The molecule has 0 saturated carbocycles. The van der Waals surface area contributed by atoms with Gasteiger partial charge in [0.25, 0.3) is 5.91 Å². The number of halogens is 1. The van der Waals surface area contributed by atoms with E-state index in [-0.39, 0.29) is 29.9 Å². The molecule has 0 bridgehead atoms. The van der Waals surface area contributed by atoms with E-state index in [1.165, 1.54) is 25.7 Å². The molecule has 0 atom stereocenters. The number of benzene rings is 1. The Morgan fingerprint density at radius 3 is 2.68 bits per heavy atom. The fourth-order valence-electron chi connectivity index (χ4n) is 3.14. The zero-order valence-corrected chi connectivity index (χ0v) is 19.6. The number of carbonyl (C=O) groups excluding carboxylic acids is 1. The highest BCUT2D eigenvalue weighted by Gasteiger charge is 2.06. The minimum Gasteiger partial charge on any atom is -0.357 e. The van der Waals surface area contributed by atoms with Gasteiger partial charge in [0.05, 0.1) is 6.54 Å². The van der Waals surface area contributed by atoms with E-state index < -0.39 is 0 Å². The first-order valence-electron chi connectivity index (χ1n) is 10.3. The van der Waals surface area contributed by atoms with Gasteiger partial charge < -0.3 is 16.0 Å². The van der Waals surface area contributed by atoms with E-state index >= 15 is 0 Å². The Morgan fingerprint density at radius 2 is 1.96 bits per heavy atom. The molecule has 0 spiro atoms. The van der Waals surface area contributed by atoms with Crippen molar-refractivity contribution in [2.24, 2.45) is 4.99 Å². The zero-order valence-electron chi connectivity index (χ0n) is 17.2. The van der Waals surface area contributed by atoms with Gasteiger partial charge in [0.2, 0.25) is 0 Å². The summed E-state index contributed by atoms with van der Waals surface area (Å²) in [5.74, 6) is 0.809. The maximum absolute atomic E-state index is 12.1. The molecule has 156 valence electrons. The van der Waals surface area contributed by atoms with Crippen molar-refractivity contribution in [1.29, 1.82) is 0 Å². The predicted octanol–water partition coefficient (Wildman–Crippen LogP) is 4.39. The summed E-state index contributed by atoms with van der Waals surface area (Å²) in [5, 5.41) is 9.63. The molecule has 1 aromatic rings. The lowest BCUT2D eigenvalue weighted by molar-refractivity contribution is 0.0953. The number of aliphatic imine (C=N–C) groups is 1. The van der Waals surface area contributed by atoms with Crippen molar-refractivity contribution in [2.45, 2.75) is 58.9 Å². The second-order valence-corrected chi connectivity index (χ2v) is 6.94. The van der Waals surface area contributed by atoms with Crippen LogP contribution in [0, 0.1) is 0 Å². The number of allylic oxidation sites excluding steroid dienone is 1. The number of rotatable bonds is 9. The van der Waals surface area contributed by atoms with Gasteiger partial charge in [0.1, 0.15) is 0 Å². The van der Waals surface area contributed by atoms with Crippen molar-refractivity contribution in [1.82, 2.24) is 16.0 Å². The fourth-order valence-corrected chi connectivity index (χ4v) is 3.14. The van der Waals surface area contributed by atoms with Crippen LogP contribution in [0.4, 0.5) is 0 Å². The first-order chi connectivity index (χ1) is 13.2. The molecule has 0 saturated heterocycles. The standard InChI is InChI=1S/C22H34N4O.HI/c1-3-14-24-21(27)20-12-8-11-19(16-20)17-26-22(23-4-2)25-15-13-18-9-6-5-7-10-18;/h8-9,11-12,16H,3-7,10,13-15,17H2,1-2H3,(H,24,27)(H2,23,25,26);1H. The summed E-state index contributed by atoms with van der Waals surface area (Å²) in [5.41, 5.74) is 3.29. The first-order valence-corrected chi connectivity index (χ1v) is 10.3. The van der Waals surface area contributed by atoms with Gasteiger partial charge in [0.15, 0.2) is 5.96 Å². The highest BCUT2D eigenvalue weighted by Crippen LogP contribution is 2.19. The molecular weight excluding hydrogens is 463 g/mol. The van der Waals surface area contributed by atoms with Gasteiger partial charge >= 0.3 is 0 Å². The monoisotopic (exact) mass is 498 g/mol. The van der Waals surface area contributed by atoms with Crippen LogP contribution in [-0.4, -0.2) is 31.5 Å². The van der Waals surface area contributed by atoms with E-state index in [0.717, 1.165) is 37.5 Å². The van der Waals surface area contributed by atoms with Crippen molar-refractivity contribution >= 4 is 35.8 Å². The molecule has 0 heterocycles. The van der Waals surface area contributed by atoms with Crippen LogP contribution < -0.4 is 16.0 Å². The molecule has 0 aromatic heterocycles. The maximum Gasteiger partial charge on any atom is 0.251 e. The third-order valence-corrected chi connectivity index (χ3v) is 4.61. The van der Waals surface area contributed by atoms with E-state index in [0.29, 0.717) is 18.7 Å². The minimum absolute atomic E-state index is 0. The van der Waals surface area contributed by atoms with Gasteiger partial charge in [-0.1, -0.05) is 30.7 Å². The maximum atomic E-state index is 12.1. The van der Waals surface area contributed by atoms with E-state index in [1.54, 1.807) is 5.57 Å². The number of hydrogen-bond acceptors (Lipinski definition) is 2. The van der Waals surface area contributed by atoms with Crippen LogP contribution in [0.5, 0.6) is 0 Å². The molecule has 0 fully saturated rings. The molecule has 28 heavy (non-hydrogen) atoms. The quantitative estimate of drug-likeness (QED) is 0.205. The molecule has 0 aliphatic heterocycles. The Hall–Kier alpha value is -1.57. The number of guanidine groups is 1. The number of amides is 1. The Morgan fingerprint density at radius 1 is 1.11 bits per heavy atom. The average molecular weight is 498 g/mol. The van der Waals surface area contributed by atoms with Gasteiger partial charge in [-0.05, 0) is 63.1 Å². The van der Waals surface area contributed by atoms with Gasteiger partial charge in [-0.25, -0.2) is 4.99 Å². The normalized spacial score (nSPS) is 13.9. The molecular formula is C22H35IN4O. The van der Waals surface area contributed by atoms with Gasteiger partial charge in [-0.15, -0.1) is 24.0 Å². The van der Waals surface area contributed by atoms with Gasteiger partial charge in [0, 0.05) is 25.2 Å². The van der Waals surface area contributed by atoms with Gasteiger partial charge in [-0.2, -0.15) is 0 Å². The molecule has 1 aliphatic rings. The van der Waals surface area contributed by atoms with Crippen molar-refractivity contribution < 1.29 is 4.79 Å². The number of nitrogens with one attached hydrogen (secondary N) is 3. The highest BCUT2D eigenvalue weighted by atomic mass is 127. The van der Waals surface area contributed by atoms with Crippen LogP contribution in [0.1, 0.15) is 68.3 Å². The summed E-state index contributed by atoms with van der Waals surface area (Å²) in [4.78, 5) is 16.8. The molecule has 0 radical (unpaired) electrons. The summed E-state index contributed by atoms with van der Waals surface area (Å²) in [6.07, 6.45) is 9.53. The van der Waals surface area contributed by atoms with Crippen molar-refractivity contribution in [3.63, 3.8) is 0 Å². The zero-order chi connectivity index (χ0) is 19.3. The minimum atomic E-state index is -0.0199. The topological polar surface area (TPSA) is 65.5 Å². The molecule has 1 amide bonds. The predicted molar refractivity (Wildman–Crippen MR) is 128 cm³/mol. The van der Waals surface area contributed by atoms with Crippen LogP contribution >= 0.6 is 24.0 Å². The van der Waals surface area contributed by atoms with Gasteiger partial charge in [-0.3, -0.25) is 4.79 Å². The summed E-state index contributed by atoms with van der Waals surface area (Å²) in [7, 11) is 0. The third kappa shape index (κ3) is 9.08. The number of carbonyl (C=O) groups is 1. The lowest BCUT2D eigenvalue weighted by atomic mass is 9.97. The summed E-state index contributed by atoms with van der Waals surface area (Å²) >= 11 is 0. The Balaban J connectivity index is 0.00000392. The largest absolute Gasteiger partial charge is 0.357 e. The Labute approximate surface area is 186 Å². The lowest BCUT2D eigenvalue weighted by Gasteiger charge is -2.15. The van der Waals surface area contributed by atoms with E-state index in [2.05, 4.69) is 33.9 Å². The SMILES string of the molecule is CCCNC(=O)c1cccc(CN=C(NCC)NCCC2=CCCCC2)c1.I. The second-order valence-electron chi connectivity index (χ2n) is 6.94. The molecule has 6 heteroatoms. The second kappa shape index (κ2) is 14.4. The third-order valence-electron chi connectivity index (χ3n) is 4.61. The summed E-state index contributed by atoms with van der Waals surface area (Å²) < 4.78 is 0. The Bertz CT molecular complexity index is 658. The van der Waals surface area contributed by atoms with Crippen molar-refractivity contribution in [3.8, 4) is 0 Å². The lowest BCUT2D eigenvalue weighted by Crippen LogP contribution is -2.37.